The lowest BCUT2D eigenvalue weighted by Crippen LogP contribution is -2.58. The van der Waals surface area contributed by atoms with Crippen molar-refractivity contribution in [3.63, 3.8) is 0 Å². The standard InChI is InChI=1S/C22H29N3O.C2H6/c1-18(26)24-15-19-7-3-4-8-20(19)21(17-24)11-13-25(14-12-21)22(16-23)9-5-2-6-10-22;1-2/h3-4,7-8H,2,5-6,9-15,17H2,1H3;1-2H3. The second-order valence-electron chi connectivity index (χ2n) is 8.50. The summed E-state index contributed by atoms with van der Waals surface area (Å²) >= 11 is 0. The highest BCUT2D eigenvalue weighted by Gasteiger charge is 2.47. The van der Waals surface area contributed by atoms with E-state index in [2.05, 4.69) is 35.2 Å². The summed E-state index contributed by atoms with van der Waals surface area (Å²) < 4.78 is 0. The molecule has 1 saturated heterocycles. The molecule has 4 nitrogen and oxygen atoms in total. The van der Waals surface area contributed by atoms with Gasteiger partial charge in [0, 0.05) is 38.5 Å². The van der Waals surface area contributed by atoms with E-state index in [9.17, 15) is 10.1 Å². The van der Waals surface area contributed by atoms with Crippen molar-refractivity contribution in [3.05, 3.63) is 35.4 Å². The van der Waals surface area contributed by atoms with E-state index in [-0.39, 0.29) is 16.9 Å². The van der Waals surface area contributed by atoms with Crippen LogP contribution in [-0.4, -0.2) is 40.9 Å². The predicted octanol–water partition coefficient (Wildman–Crippen LogP) is 4.63. The molecule has 1 aromatic carbocycles. The van der Waals surface area contributed by atoms with Crippen molar-refractivity contribution in [2.24, 2.45) is 0 Å². The first kappa shape index (κ1) is 20.9. The van der Waals surface area contributed by atoms with E-state index < -0.39 is 0 Å². The van der Waals surface area contributed by atoms with Crippen LogP contribution < -0.4 is 0 Å². The fraction of sp³-hybridized carbons (Fsp3) is 0.667. The molecule has 1 aromatic rings. The van der Waals surface area contributed by atoms with Gasteiger partial charge in [-0.05, 0) is 36.8 Å². The normalized spacial score (nSPS) is 23.1. The van der Waals surface area contributed by atoms with Crippen molar-refractivity contribution in [2.45, 2.75) is 83.2 Å². The Kier molecular flexibility index (Phi) is 6.45. The minimum Gasteiger partial charge on any atom is -0.338 e. The number of carbonyl (C=O) groups is 1. The summed E-state index contributed by atoms with van der Waals surface area (Å²) in [4.78, 5) is 16.6. The third-order valence-corrected chi connectivity index (χ3v) is 7.10. The highest BCUT2D eigenvalue weighted by atomic mass is 16.2. The van der Waals surface area contributed by atoms with E-state index in [0.29, 0.717) is 0 Å². The first-order valence-corrected chi connectivity index (χ1v) is 11.1. The summed E-state index contributed by atoms with van der Waals surface area (Å²) in [7, 11) is 0. The number of likely N-dealkylation sites (tertiary alicyclic amines) is 1. The number of nitriles is 1. The number of benzene rings is 1. The second kappa shape index (κ2) is 8.66. The van der Waals surface area contributed by atoms with Gasteiger partial charge in [0.1, 0.15) is 5.54 Å². The van der Waals surface area contributed by atoms with E-state index in [1.807, 2.05) is 18.7 Å². The van der Waals surface area contributed by atoms with Crippen LogP contribution in [0.2, 0.25) is 0 Å². The van der Waals surface area contributed by atoms with Crippen LogP contribution in [-0.2, 0) is 16.8 Å². The van der Waals surface area contributed by atoms with Crippen LogP contribution in [0.4, 0.5) is 0 Å². The van der Waals surface area contributed by atoms with Gasteiger partial charge in [-0.3, -0.25) is 9.69 Å². The van der Waals surface area contributed by atoms with Crippen molar-refractivity contribution < 1.29 is 4.79 Å². The summed E-state index contributed by atoms with van der Waals surface area (Å²) in [5, 5.41) is 9.92. The van der Waals surface area contributed by atoms with E-state index in [4.69, 9.17) is 0 Å². The van der Waals surface area contributed by atoms with Crippen LogP contribution in [0, 0.1) is 11.3 Å². The quantitative estimate of drug-likeness (QED) is 0.712. The van der Waals surface area contributed by atoms with Crippen molar-refractivity contribution in [3.8, 4) is 6.07 Å². The van der Waals surface area contributed by atoms with E-state index in [1.54, 1.807) is 6.92 Å². The number of carbonyl (C=O) groups excluding carboxylic acids is 1. The molecule has 1 aliphatic carbocycles. The molecule has 1 amide bonds. The minimum atomic E-state index is -0.242. The molecule has 0 radical (unpaired) electrons. The number of nitrogens with zero attached hydrogens (tertiary/aromatic N) is 3. The zero-order valence-electron chi connectivity index (χ0n) is 17.8. The topological polar surface area (TPSA) is 47.3 Å². The Morgan fingerprint density at radius 1 is 1.04 bits per heavy atom. The molecule has 2 heterocycles. The first-order chi connectivity index (χ1) is 13.6. The van der Waals surface area contributed by atoms with Gasteiger partial charge >= 0.3 is 0 Å². The molecule has 1 spiro atoms. The molecule has 0 aromatic heterocycles. The van der Waals surface area contributed by atoms with Crippen LogP contribution in [0.3, 0.4) is 0 Å². The minimum absolute atomic E-state index is 0.0579. The van der Waals surface area contributed by atoms with Crippen LogP contribution >= 0.6 is 0 Å². The van der Waals surface area contributed by atoms with Crippen molar-refractivity contribution >= 4 is 5.91 Å². The largest absolute Gasteiger partial charge is 0.338 e. The maximum atomic E-state index is 12.1. The van der Waals surface area contributed by atoms with E-state index >= 15 is 0 Å². The Morgan fingerprint density at radius 3 is 2.29 bits per heavy atom. The summed E-state index contributed by atoms with van der Waals surface area (Å²) in [6, 6.07) is 11.3. The Bertz CT molecular complexity index is 722. The van der Waals surface area contributed by atoms with Gasteiger partial charge in [0.2, 0.25) is 5.91 Å². The SMILES string of the molecule is CC.CC(=O)N1Cc2ccccc2C2(CCN(C3(C#N)CCCCC3)CC2)C1. The molecule has 3 aliphatic rings. The van der Waals surface area contributed by atoms with Gasteiger partial charge in [-0.15, -0.1) is 0 Å². The maximum absolute atomic E-state index is 12.1. The van der Waals surface area contributed by atoms with Gasteiger partial charge in [-0.25, -0.2) is 0 Å². The molecular weight excluding hydrogens is 346 g/mol. The number of rotatable bonds is 1. The van der Waals surface area contributed by atoms with Crippen molar-refractivity contribution in [2.75, 3.05) is 19.6 Å². The van der Waals surface area contributed by atoms with Crippen LogP contribution in [0.5, 0.6) is 0 Å². The van der Waals surface area contributed by atoms with Crippen LogP contribution in [0.15, 0.2) is 24.3 Å². The lowest BCUT2D eigenvalue weighted by atomic mass is 9.67. The Hall–Kier alpha value is -1.86. The summed E-state index contributed by atoms with van der Waals surface area (Å²) in [6.45, 7) is 9.18. The zero-order chi connectivity index (χ0) is 20.2. The summed E-state index contributed by atoms with van der Waals surface area (Å²) in [5.41, 5.74) is 2.55. The lowest BCUT2D eigenvalue weighted by Gasteiger charge is -2.52. The number of hydrogen-bond donors (Lipinski definition) is 0. The van der Waals surface area contributed by atoms with Gasteiger partial charge < -0.3 is 4.90 Å². The van der Waals surface area contributed by atoms with Crippen LogP contribution in [0.25, 0.3) is 0 Å². The highest BCUT2D eigenvalue weighted by Crippen LogP contribution is 2.44. The van der Waals surface area contributed by atoms with Crippen molar-refractivity contribution in [1.29, 1.82) is 5.26 Å². The van der Waals surface area contributed by atoms with Crippen LogP contribution in [0.1, 0.15) is 76.8 Å². The van der Waals surface area contributed by atoms with E-state index in [0.717, 1.165) is 51.9 Å². The van der Waals surface area contributed by atoms with E-state index in [1.165, 1.54) is 30.4 Å². The van der Waals surface area contributed by atoms with Gasteiger partial charge in [0.25, 0.3) is 0 Å². The Labute approximate surface area is 170 Å². The fourth-order valence-electron chi connectivity index (χ4n) is 5.54. The maximum Gasteiger partial charge on any atom is 0.219 e. The molecule has 0 unspecified atom stereocenters. The predicted molar refractivity (Wildman–Crippen MR) is 113 cm³/mol. The highest BCUT2D eigenvalue weighted by molar-refractivity contribution is 5.74. The molecule has 0 bridgehead atoms. The van der Waals surface area contributed by atoms with Gasteiger partial charge in [0.05, 0.1) is 6.07 Å². The van der Waals surface area contributed by atoms with Gasteiger partial charge in [-0.2, -0.15) is 5.26 Å². The molecule has 4 rings (SSSR count). The first-order valence-electron chi connectivity index (χ1n) is 11.1. The molecule has 0 atom stereocenters. The fourth-order valence-corrected chi connectivity index (χ4v) is 5.54. The number of amides is 1. The molecular formula is C24H35N3O. The summed E-state index contributed by atoms with van der Waals surface area (Å²) in [6.07, 6.45) is 7.74. The third kappa shape index (κ3) is 3.70. The zero-order valence-corrected chi connectivity index (χ0v) is 17.8. The van der Waals surface area contributed by atoms with Crippen molar-refractivity contribution in [1.82, 2.24) is 9.80 Å². The molecule has 28 heavy (non-hydrogen) atoms. The average molecular weight is 382 g/mol. The van der Waals surface area contributed by atoms with Gasteiger partial charge in [-0.1, -0.05) is 57.4 Å². The smallest absolute Gasteiger partial charge is 0.219 e. The molecule has 2 fully saturated rings. The van der Waals surface area contributed by atoms with Gasteiger partial charge in [0.15, 0.2) is 0 Å². The monoisotopic (exact) mass is 381 g/mol. The Balaban J connectivity index is 0.00000109. The number of hydrogen-bond acceptors (Lipinski definition) is 3. The molecule has 1 saturated carbocycles. The molecule has 4 heteroatoms. The Morgan fingerprint density at radius 2 is 1.68 bits per heavy atom. The summed E-state index contributed by atoms with van der Waals surface area (Å²) in [5.74, 6) is 0.169. The lowest BCUT2D eigenvalue weighted by molar-refractivity contribution is -0.131. The second-order valence-corrected chi connectivity index (χ2v) is 8.50. The molecule has 0 N–H and O–H groups in total. The average Bonchev–Trinajstić information content (AvgIpc) is 2.76. The third-order valence-electron chi connectivity index (χ3n) is 7.10. The molecule has 152 valence electrons. The molecule has 2 aliphatic heterocycles. The number of piperidine rings is 1. The number of fused-ring (bicyclic) bond motifs is 2.